The molecule has 1 aliphatic heterocycles. The highest BCUT2D eigenvalue weighted by atomic mass is 32.1. The maximum absolute atomic E-state index is 9.25. The molecule has 1 aliphatic rings. The lowest BCUT2D eigenvalue weighted by molar-refractivity contribution is 0.637. The van der Waals surface area contributed by atoms with Crippen LogP contribution in [0.25, 0.3) is 0 Å². The quantitative estimate of drug-likeness (QED) is 0.889. The largest absolute Gasteiger partial charge is 0.383 e. The maximum Gasteiger partial charge on any atom is 0.185 e. The molecular formula is C13H17N7S. The number of nitrogens with zero attached hydrogens (tertiary/aromatic N) is 6. The van der Waals surface area contributed by atoms with E-state index in [0.717, 1.165) is 37.0 Å². The van der Waals surface area contributed by atoms with E-state index in [1.807, 2.05) is 6.92 Å². The van der Waals surface area contributed by atoms with Crippen LogP contribution in [-0.2, 0) is 7.05 Å². The zero-order chi connectivity index (χ0) is 15.0. The first-order chi connectivity index (χ1) is 10.1. The van der Waals surface area contributed by atoms with Crippen LogP contribution in [0.3, 0.4) is 0 Å². The fourth-order valence-corrected chi connectivity index (χ4v) is 3.30. The van der Waals surface area contributed by atoms with Gasteiger partial charge in [0.2, 0.25) is 0 Å². The van der Waals surface area contributed by atoms with Gasteiger partial charge in [-0.2, -0.15) is 10.4 Å². The van der Waals surface area contributed by atoms with Crippen molar-refractivity contribution in [3.8, 4) is 6.07 Å². The summed E-state index contributed by atoms with van der Waals surface area (Å²) in [7, 11) is 1.76. The number of nitrogens with two attached hydrogens (primary N) is 1. The molecule has 8 heteroatoms. The fourth-order valence-electron chi connectivity index (χ4n) is 2.45. The van der Waals surface area contributed by atoms with Crippen LogP contribution in [0, 0.1) is 18.3 Å². The van der Waals surface area contributed by atoms with Gasteiger partial charge in [-0.3, -0.25) is 0 Å². The second-order valence-electron chi connectivity index (χ2n) is 5.06. The van der Waals surface area contributed by atoms with Crippen LogP contribution in [0.2, 0.25) is 0 Å². The predicted octanol–water partition coefficient (Wildman–Crippen LogP) is 0.966. The van der Waals surface area contributed by atoms with E-state index >= 15 is 0 Å². The Morgan fingerprint density at radius 2 is 1.95 bits per heavy atom. The number of rotatable bonds is 2. The van der Waals surface area contributed by atoms with Gasteiger partial charge in [0.25, 0.3) is 0 Å². The molecule has 3 rings (SSSR count). The number of thiazole rings is 1. The van der Waals surface area contributed by atoms with Gasteiger partial charge in [-0.15, -0.1) is 11.3 Å². The van der Waals surface area contributed by atoms with Gasteiger partial charge in [0.05, 0.1) is 5.69 Å². The van der Waals surface area contributed by atoms with Crippen LogP contribution in [0.5, 0.6) is 0 Å². The van der Waals surface area contributed by atoms with Gasteiger partial charge in [-0.05, 0) is 6.92 Å². The minimum absolute atomic E-state index is 0.422. The van der Waals surface area contributed by atoms with E-state index in [4.69, 9.17) is 5.73 Å². The first-order valence-electron chi connectivity index (χ1n) is 6.74. The zero-order valence-corrected chi connectivity index (χ0v) is 12.9. The lowest BCUT2D eigenvalue weighted by atomic mass is 10.2. The van der Waals surface area contributed by atoms with E-state index in [1.54, 1.807) is 23.1 Å². The molecule has 110 valence electrons. The zero-order valence-electron chi connectivity index (χ0n) is 12.1. The molecule has 2 N–H and O–H groups in total. The molecule has 1 fully saturated rings. The average Bonchev–Trinajstić information content (AvgIpc) is 3.04. The third-order valence-electron chi connectivity index (χ3n) is 3.64. The molecule has 0 aliphatic carbocycles. The Bertz CT molecular complexity index is 688. The number of hydrogen-bond donors (Lipinski definition) is 1. The Kier molecular flexibility index (Phi) is 3.43. The molecule has 3 heterocycles. The molecule has 0 amide bonds. The summed E-state index contributed by atoms with van der Waals surface area (Å²) < 4.78 is 1.56. The van der Waals surface area contributed by atoms with Crippen LogP contribution in [0.4, 0.5) is 16.8 Å². The molecule has 1 saturated heterocycles. The van der Waals surface area contributed by atoms with Gasteiger partial charge < -0.3 is 15.5 Å². The van der Waals surface area contributed by atoms with E-state index in [9.17, 15) is 5.26 Å². The van der Waals surface area contributed by atoms with Crippen LogP contribution >= 0.6 is 11.3 Å². The van der Waals surface area contributed by atoms with Crippen molar-refractivity contribution in [3.05, 3.63) is 16.6 Å². The van der Waals surface area contributed by atoms with Gasteiger partial charge in [-0.1, -0.05) is 0 Å². The summed E-state index contributed by atoms with van der Waals surface area (Å²) >= 11 is 1.67. The number of nitrogen functional groups attached to an aromatic ring is 1. The molecule has 0 spiro atoms. The molecule has 2 aromatic heterocycles. The van der Waals surface area contributed by atoms with E-state index in [1.165, 1.54) is 0 Å². The molecule has 0 aromatic carbocycles. The van der Waals surface area contributed by atoms with E-state index in [-0.39, 0.29) is 0 Å². The molecule has 0 radical (unpaired) electrons. The van der Waals surface area contributed by atoms with E-state index in [2.05, 4.69) is 31.3 Å². The van der Waals surface area contributed by atoms with Crippen molar-refractivity contribution < 1.29 is 0 Å². The first-order valence-corrected chi connectivity index (χ1v) is 7.62. The van der Waals surface area contributed by atoms with Crippen LogP contribution < -0.4 is 15.5 Å². The third-order valence-corrected chi connectivity index (χ3v) is 4.66. The van der Waals surface area contributed by atoms with E-state index in [0.29, 0.717) is 17.2 Å². The second-order valence-corrected chi connectivity index (χ2v) is 5.90. The Morgan fingerprint density at radius 3 is 2.52 bits per heavy atom. The number of aryl methyl sites for hydroxylation is 2. The highest BCUT2D eigenvalue weighted by Crippen LogP contribution is 2.26. The van der Waals surface area contributed by atoms with Gasteiger partial charge in [-0.25, -0.2) is 9.67 Å². The summed E-state index contributed by atoms with van der Waals surface area (Å²) in [5, 5.41) is 16.7. The maximum atomic E-state index is 9.25. The summed E-state index contributed by atoms with van der Waals surface area (Å²) in [5.41, 5.74) is 7.40. The number of piperazine rings is 1. The van der Waals surface area contributed by atoms with Gasteiger partial charge in [0.1, 0.15) is 17.5 Å². The number of aromatic nitrogens is 3. The van der Waals surface area contributed by atoms with E-state index < -0.39 is 0 Å². The minimum Gasteiger partial charge on any atom is -0.383 e. The predicted molar refractivity (Wildman–Crippen MR) is 83.6 cm³/mol. The number of hydrogen-bond acceptors (Lipinski definition) is 7. The molecule has 0 atom stereocenters. The lowest BCUT2D eigenvalue weighted by Gasteiger charge is -2.34. The smallest absolute Gasteiger partial charge is 0.185 e. The van der Waals surface area contributed by atoms with Crippen molar-refractivity contribution >= 4 is 28.1 Å². The molecular weight excluding hydrogens is 286 g/mol. The van der Waals surface area contributed by atoms with Gasteiger partial charge >= 0.3 is 0 Å². The SMILES string of the molecule is Cc1csc(N2CCN(c3nn(C)c(N)c3C#N)CC2)n1. The first kappa shape index (κ1) is 13.7. The molecule has 0 saturated carbocycles. The summed E-state index contributed by atoms with van der Waals surface area (Å²) in [4.78, 5) is 8.91. The molecule has 2 aromatic rings. The third kappa shape index (κ3) is 2.40. The van der Waals surface area contributed by atoms with Crippen molar-refractivity contribution in [3.63, 3.8) is 0 Å². The lowest BCUT2D eigenvalue weighted by Crippen LogP contribution is -2.47. The summed E-state index contributed by atoms with van der Waals surface area (Å²) in [6.45, 7) is 5.36. The van der Waals surface area contributed by atoms with Crippen molar-refractivity contribution in [2.45, 2.75) is 6.92 Å². The molecule has 0 bridgehead atoms. The van der Waals surface area contributed by atoms with Crippen molar-refractivity contribution in [2.75, 3.05) is 41.7 Å². The standard InChI is InChI=1S/C13H17N7S/c1-9-8-21-13(16-9)20-5-3-19(4-6-20)12-10(7-14)11(15)18(2)17-12/h8H,3-6,15H2,1-2H3. The van der Waals surface area contributed by atoms with Crippen LogP contribution in [-0.4, -0.2) is 40.9 Å². The average molecular weight is 303 g/mol. The fraction of sp³-hybridized carbons (Fsp3) is 0.462. The van der Waals surface area contributed by atoms with Gasteiger partial charge in [0, 0.05) is 38.6 Å². The molecule has 7 nitrogen and oxygen atoms in total. The monoisotopic (exact) mass is 303 g/mol. The van der Waals surface area contributed by atoms with Gasteiger partial charge in [0.15, 0.2) is 10.9 Å². The van der Waals surface area contributed by atoms with Crippen molar-refractivity contribution in [1.29, 1.82) is 5.26 Å². The normalized spacial score (nSPS) is 15.3. The Labute approximate surface area is 127 Å². The van der Waals surface area contributed by atoms with Crippen LogP contribution in [0.15, 0.2) is 5.38 Å². The molecule has 21 heavy (non-hydrogen) atoms. The minimum atomic E-state index is 0.422. The number of anilines is 3. The Balaban J connectivity index is 1.74. The van der Waals surface area contributed by atoms with Crippen molar-refractivity contribution in [1.82, 2.24) is 14.8 Å². The Morgan fingerprint density at radius 1 is 1.29 bits per heavy atom. The summed E-state index contributed by atoms with van der Waals surface area (Å²) in [6, 6.07) is 2.15. The van der Waals surface area contributed by atoms with Crippen LogP contribution in [0.1, 0.15) is 11.3 Å². The topological polar surface area (TPSA) is 87.0 Å². The Hall–Kier alpha value is -2.27. The molecule has 0 unspecified atom stereocenters. The highest BCUT2D eigenvalue weighted by molar-refractivity contribution is 7.13. The summed E-state index contributed by atoms with van der Waals surface area (Å²) in [6.07, 6.45) is 0. The highest BCUT2D eigenvalue weighted by Gasteiger charge is 2.24. The summed E-state index contributed by atoms with van der Waals surface area (Å²) in [5.74, 6) is 1.11. The second kappa shape index (κ2) is 5.26. The van der Waals surface area contributed by atoms with Crippen molar-refractivity contribution in [2.24, 2.45) is 7.05 Å². The number of nitriles is 1.